The molecule has 32 heavy (non-hydrogen) atoms. The van der Waals surface area contributed by atoms with E-state index in [-0.39, 0.29) is 11.8 Å². The van der Waals surface area contributed by atoms with Gasteiger partial charge in [-0.25, -0.2) is 8.42 Å². The van der Waals surface area contributed by atoms with Crippen molar-refractivity contribution in [2.24, 2.45) is 5.92 Å². The van der Waals surface area contributed by atoms with Crippen molar-refractivity contribution in [2.75, 3.05) is 26.2 Å². The minimum absolute atomic E-state index is 0.00938. The molecule has 1 heterocycles. The van der Waals surface area contributed by atoms with Gasteiger partial charge in [-0.2, -0.15) is 4.31 Å². The molecular formula is C25H32N2O4S. The number of carbonyl (C=O) groups is 1. The number of nitrogens with zero attached hydrogens (tertiary/aromatic N) is 1. The minimum atomic E-state index is -3.50. The molecule has 1 amide bonds. The van der Waals surface area contributed by atoms with Crippen molar-refractivity contribution in [2.45, 2.75) is 50.3 Å². The van der Waals surface area contributed by atoms with E-state index in [0.717, 1.165) is 42.6 Å². The third-order valence-corrected chi connectivity index (χ3v) is 8.31. The van der Waals surface area contributed by atoms with Gasteiger partial charge in [0.05, 0.1) is 11.5 Å². The Morgan fingerprint density at radius 3 is 2.66 bits per heavy atom. The average Bonchev–Trinajstić information content (AvgIpc) is 3.27. The number of carbonyl (C=O) groups excluding carboxylic acids is 1. The molecular weight excluding hydrogens is 424 g/mol. The number of benzene rings is 2. The van der Waals surface area contributed by atoms with Crippen molar-refractivity contribution in [3.63, 3.8) is 0 Å². The van der Waals surface area contributed by atoms with E-state index in [9.17, 15) is 13.2 Å². The van der Waals surface area contributed by atoms with E-state index in [1.54, 1.807) is 6.07 Å². The van der Waals surface area contributed by atoms with Gasteiger partial charge in [0, 0.05) is 25.6 Å². The summed E-state index contributed by atoms with van der Waals surface area (Å²) >= 11 is 0. The van der Waals surface area contributed by atoms with E-state index >= 15 is 0 Å². The van der Waals surface area contributed by atoms with Crippen LogP contribution in [0.1, 0.15) is 42.4 Å². The molecule has 1 fully saturated rings. The third kappa shape index (κ3) is 5.33. The third-order valence-electron chi connectivity index (χ3n) is 6.41. The molecule has 0 radical (unpaired) electrons. The Hall–Kier alpha value is -2.38. The van der Waals surface area contributed by atoms with Crippen LogP contribution >= 0.6 is 0 Å². The smallest absolute Gasteiger partial charge is 0.243 e. The van der Waals surface area contributed by atoms with Crippen LogP contribution < -0.4 is 10.1 Å². The number of ether oxygens (including phenoxy) is 1. The Morgan fingerprint density at radius 1 is 1.09 bits per heavy atom. The van der Waals surface area contributed by atoms with E-state index in [2.05, 4.69) is 5.32 Å². The van der Waals surface area contributed by atoms with E-state index in [0.29, 0.717) is 44.0 Å². The molecule has 0 aromatic heterocycles. The number of aryl methyl sites for hydroxylation is 3. The van der Waals surface area contributed by atoms with Crippen LogP contribution in [-0.2, 0) is 27.7 Å². The summed E-state index contributed by atoms with van der Waals surface area (Å²) in [6.07, 6.45) is 4.92. The second-order valence-electron chi connectivity index (χ2n) is 8.77. The van der Waals surface area contributed by atoms with Gasteiger partial charge in [-0.3, -0.25) is 4.79 Å². The molecule has 0 saturated carbocycles. The summed E-state index contributed by atoms with van der Waals surface area (Å²) in [5, 5.41) is 2.98. The topological polar surface area (TPSA) is 75.7 Å². The first-order valence-electron chi connectivity index (χ1n) is 11.5. The van der Waals surface area contributed by atoms with E-state index in [1.165, 1.54) is 9.87 Å². The lowest BCUT2D eigenvalue weighted by Crippen LogP contribution is -2.43. The van der Waals surface area contributed by atoms with E-state index < -0.39 is 10.0 Å². The molecule has 2 aromatic rings. The molecule has 172 valence electrons. The molecule has 1 N–H and O–H groups in total. The van der Waals surface area contributed by atoms with Crippen LogP contribution in [0.25, 0.3) is 0 Å². The van der Waals surface area contributed by atoms with Gasteiger partial charge in [0.1, 0.15) is 5.75 Å². The monoisotopic (exact) mass is 456 g/mol. The number of nitrogens with one attached hydrogen (secondary N) is 1. The van der Waals surface area contributed by atoms with Gasteiger partial charge in [-0.1, -0.05) is 18.2 Å². The largest absolute Gasteiger partial charge is 0.494 e. The summed E-state index contributed by atoms with van der Waals surface area (Å²) in [5.74, 6) is 0.711. The van der Waals surface area contributed by atoms with E-state index in [4.69, 9.17) is 4.74 Å². The SMILES string of the molecule is Cc1cccc(OCCCNC(=O)C2CCN(S(=O)(=O)c3ccc4c(c3)CCC4)CC2)c1. The summed E-state index contributed by atoms with van der Waals surface area (Å²) in [5.41, 5.74) is 3.58. The molecule has 0 spiro atoms. The lowest BCUT2D eigenvalue weighted by atomic mass is 9.97. The minimum Gasteiger partial charge on any atom is -0.494 e. The average molecular weight is 457 g/mol. The second-order valence-corrected chi connectivity index (χ2v) is 10.7. The second kappa shape index (κ2) is 10.0. The number of amides is 1. The van der Waals surface area contributed by atoms with Crippen LogP contribution in [0.4, 0.5) is 0 Å². The summed E-state index contributed by atoms with van der Waals surface area (Å²) in [6, 6.07) is 13.4. The number of fused-ring (bicyclic) bond motifs is 1. The normalized spacial score (nSPS) is 17.2. The van der Waals surface area contributed by atoms with Gasteiger partial charge < -0.3 is 10.1 Å². The molecule has 2 aliphatic rings. The zero-order valence-corrected chi connectivity index (χ0v) is 19.5. The van der Waals surface area contributed by atoms with Crippen LogP contribution in [0, 0.1) is 12.8 Å². The maximum absolute atomic E-state index is 13.1. The van der Waals surface area contributed by atoms with Gasteiger partial charge in [0.2, 0.25) is 15.9 Å². The Kier molecular flexibility index (Phi) is 7.16. The van der Waals surface area contributed by atoms with Crippen LogP contribution in [0.2, 0.25) is 0 Å². The van der Waals surface area contributed by atoms with Crippen molar-refractivity contribution in [3.8, 4) is 5.75 Å². The maximum Gasteiger partial charge on any atom is 0.243 e. The molecule has 4 rings (SSSR count). The lowest BCUT2D eigenvalue weighted by Gasteiger charge is -2.30. The molecule has 1 aliphatic carbocycles. The van der Waals surface area contributed by atoms with Crippen LogP contribution in [0.15, 0.2) is 47.4 Å². The molecule has 2 aromatic carbocycles. The molecule has 1 saturated heterocycles. The van der Waals surface area contributed by atoms with Crippen LogP contribution in [-0.4, -0.2) is 44.9 Å². The first-order valence-corrected chi connectivity index (χ1v) is 13.0. The first kappa shape index (κ1) is 22.8. The van der Waals surface area contributed by atoms with Crippen molar-refractivity contribution in [1.82, 2.24) is 9.62 Å². The van der Waals surface area contributed by atoms with Crippen molar-refractivity contribution >= 4 is 15.9 Å². The Morgan fingerprint density at radius 2 is 1.88 bits per heavy atom. The predicted octanol–water partition coefficient (Wildman–Crippen LogP) is 3.47. The quantitative estimate of drug-likeness (QED) is 0.617. The fraction of sp³-hybridized carbons (Fsp3) is 0.480. The summed E-state index contributed by atoms with van der Waals surface area (Å²) in [6.45, 7) is 3.89. The lowest BCUT2D eigenvalue weighted by molar-refractivity contribution is -0.126. The zero-order chi connectivity index (χ0) is 22.6. The number of hydrogen-bond donors (Lipinski definition) is 1. The maximum atomic E-state index is 13.1. The van der Waals surface area contributed by atoms with Gasteiger partial charge in [-0.15, -0.1) is 0 Å². The van der Waals surface area contributed by atoms with Gasteiger partial charge in [-0.05, 0) is 86.4 Å². The Balaban J connectivity index is 1.20. The Labute approximate surface area is 191 Å². The van der Waals surface area contributed by atoms with Crippen molar-refractivity contribution in [1.29, 1.82) is 0 Å². The fourth-order valence-corrected chi connectivity index (χ4v) is 6.06. The molecule has 7 heteroatoms. The summed E-state index contributed by atoms with van der Waals surface area (Å²) < 4.78 is 33.4. The van der Waals surface area contributed by atoms with Crippen LogP contribution in [0.5, 0.6) is 5.75 Å². The van der Waals surface area contributed by atoms with Crippen molar-refractivity contribution < 1.29 is 17.9 Å². The number of rotatable bonds is 8. The molecule has 1 aliphatic heterocycles. The highest BCUT2D eigenvalue weighted by molar-refractivity contribution is 7.89. The summed E-state index contributed by atoms with van der Waals surface area (Å²) in [7, 11) is -3.50. The molecule has 0 bridgehead atoms. The molecule has 0 unspecified atom stereocenters. The number of sulfonamides is 1. The van der Waals surface area contributed by atoms with Gasteiger partial charge in [0.25, 0.3) is 0 Å². The van der Waals surface area contributed by atoms with Crippen LogP contribution in [0.3, 0.4) is 0 Å². The van der Waals surface area contributed by atoms with E-state index in [1.807, 2.05) is 43.3 Å². The first-order chi connectivity index (χ1) is 15.4. The standard InChI is InChI=1S/C25H32N2O4S/c1-19-5-2-8-23(17-19)31-16-4-13-26-25(28)21-11-14-27(15-12-21)32(29,30)24-10-9-20-6-3-7-22(20)18-24/h2,5,8-10,17-18,21H,3-4,6-7,11-16H2,1H3,(H,26,28). The highest BCUT2D eigenvalue weighted by Gasteiger charge is 2.32. The number of hydrogen-bond acceptors (Lipinski definition) is 4. The summed E-state index contributed by atoms with van der Waals surface area (Å²) in [4.78, 5) is 12.9. The van der Waals surface area contributed by atoms with Gasteiger partial charge >= 0.3 is 0 Å². The molecule has 0 atom stereocenters. The zero-order valence-electron chi connectivity index (χ0n) is 18.7. The highest BCUT2D eigenvalue weighted by atomic mass is 32.2. The number of piperidine rings is 1. The van der Waals surface area contributed by atoms with Crippen molar-refractivity contribution in [3.05, 3.63) is 59.2 Å². The Bertz CT molecular complexity index is 1060. The predicted molar refractivity (Wildman–Crippen MR) is 124 cm³/mol. The fourth-order valence-electron chi connectivity index (χ4n) is 4.54. The highest BCUT2D eigenvalue weighted by Crippen LogP contribution is 2.28. The molecule has 6 nitrogen and oxygen atoms in total. The van der Waals surface area contributed by atoms with Gasteiger partial charge in [0.15, 0.2) is 0 Å².